The van der Waals surface area contributed by atoms with Gasteiger partial charge in [-0.3, -0.25) is 0 Å². The largest absolute Gasteiger partial charge is 0.353 e. The van der Waals surface area contributed by atoms with Crippen molar-refractivity contribution in [3.63, 3.8) is 0 Å². The lowest BCUT2D eigenvalue weighted by atomic mass is 9.84. The predicted octanol–water partition coefficient (Wildman–Crippen LogP) is 1.54. The first kappa shape index (κ1) is 11.2. The van der Waals surface area contributed by atoms with E-state index in [4.69, 9.17) is 0 Å². The lowest BCUT2D eigenvalue weighted by Crippen LogP contribution is -2.53. The van der Waals surface area contributed by atoms with Crippen molar-refractivity contribution >= 4 is 16.9 Å². The van der Waals surface area contributed by atoms with Crippen LogP contribution < -0.4 is 10.2 Å². The third-order valence-electron chi connectivity index (χ3n) is 4.55. The molecule has 5 nitrogen and oxygen atoms in total. The molecule has 2 aliphatic heterocycles. The number of nitrogens with one attached hydrogen (secondary N) is 2. The van der Waals surface area contributed by atoms with Gasteiger partial charge in [0.15, 0.2) is 0 Å². The topological polar surface area (TPSA) is 56.8 Å². The Morgan fingerprint density at radius 3 is 3.26 bits per heavy atom. The van der Waals surface area contributed by atoms with Gasteiger partial charge in [0.2, 0.25) is 0 Å². The molecular formula is C14H19N5. The molecule has 2 aromatic heterocycles. The number of rotatable bonds is 1. The van der Waals surface area contributed by atoms with E-state index >= 15 is 0 Å². The van der Waals surface area contributed by atoms with Crippen LogP contribution in [0.25, 0.3) is 11.0 Å². The van der Waals surface area contributed by atoms with Crippen molar-refractivity contribution in [1.29, 1.82) is 0 Å². The Morgan fingerprint density at radius 2 is 2.26 bits per heavy atom. The molecule has 0 saturated carbocycles. The number of anilines is 1. The summed E-state index contributed by atoms with van der Waals surface area (Å²) in [6.07, 6.45) is 7.46. The molecular weight excluding hydrogens is 238 g/mol. The predicted molar refractivity (Wildman–Crippen MR) is 75.2 cm³/mol. The zero-order valence-electron chi connectivity index (χ0n) is 11.0. The molecule has 19 heavy (non-hydrogen) atoms. The Morgan fingerprint density at radius 1 is 1.26 bits per heavy atom. The first-order valence-electron chi connectivity index (χ1n) is 7.19. The molecule has 2 aliphatic rings. The Balaban J connectivity index is 1.75. The Kier molecular flexibility index (Phi) is 2.65. The number of piperidine rings is 2. The van der Waals surface area contributed by atoms with E-state index in [1.165, 1.54) is 19.3 Å². The van der Waals surface area contributed by atoms with E-state index in [1.54, 1.807) is 6.33 Å². The highest BCUT2D eigenvalue weighted by Gasteiger charge is 2.34. The molecule has 2 fully saturated rings. The maximum Gasteiger partial charge on any atom is 0.142 e. The number of hydrogen-bond donors (Lipinski definition) is 2. The van der Waals surface area contributed by atoms with Gasteiger partial charge >= 0.3 is 0 Å². The smallest absolute Gasteiger partial charge is 0.142 e. The number of fused-ring (bicyclic) bond motifs is 2. The molecule has 2 unspecified atom stereocenters. The van der Waals surface area contributed by atoms with Crippen LogP contribution in [0.3, 0.4) is 0 Å². The average Bonchev–Trinajstić information content (AvgIpc) is 2.95. The third-order valence-corrected chi connectivity index (χ3v) is 4.55. The maximum absolute atomic E-state index is 4.57. The van der Waals surface area contributed by atoms with E-state index in [9.17, 15) is 0 Å². The van der Waals surface area contributed by atoms with Gasteiger partial charge in [-0.2, -0.15) is 0 Å². The summed E-state index contributed by atoms with van der Waals surface area (Å²) < 4.78 is 0. The Labute approximate surface area is 112 Å². The molecule has 2 atom stereocenters. The van der Waals surface area contributed by atoms with E-state index in [-0.39, 0.29) is 0 Å². The van der Waals surface area contributed by atoms with Crippen LogP contribution in [0.5, 0.6) is 0 Å². The van der Waals surface area contributed by atoms with Gasteiger partial charge in [-0.05, 0) is 44.3 Å². The lowest BCUT2D eigenvalue weighted by molar-refractivity contribution is 0.258. The standard InChI is InChI=1S/C14H19N5/c1-2-10-8-15-5-4-12(10)19(7-1)14-11-3-6-16-13(11)17-9-18-14/h3,6,9-10,12,15H,1-2,4-5,7-8H2,(H,16,17,18). The molecule has 0 amide bonds. The third kappa shape index (κ3) is 1.80. The van der Waals surface area contributed by atoms with E-state index in [1.807, 2.05) is 6.20 Å². The van der Waals surface area contributed by atoms with Gasteiger partial charge in [-0.25, -0.2) is 9.97 Å². The number of aromatic nitrogens is 3. The summed E-state index contributed by atoms with van der Waals surface area (Å²) in [5, 5.41) is 4.68. The van der Waals surface area contributed by atoms with Crippen LogP contribution in [0.1, 0.15) is 19.3 Å². The molecule has 2 N–H and O–H groups in total. The molecule has 0 radical (unpaired) electrons. The van der Waals surface area contributed by atoms with Gasteiger partial charge in [-0.1, -0.05) is 0 Å². The van der Waals surface area contributed by atoms with Crippen molar-refractivity contribution in [2.24, 2.45) is 5.92 Å². The Bertz CT molecular complexity index is 576. The second-order valence-electron chi connectivity index (χ2n) is 5.59. The molecule has 0 aliphatic carbocycles. The highest BCUT2D eigenvalue weighted by molar-refractivity contribution is 5.87. The van der Waals surface area contributed by atoms with Gasteiger partial charge in [-0.15, -0.1) is 0 Å². The maximum atomic E-state index is 4.57. The van der Waals surface area contributed by atoms with Crippen molar-refractivity contribution in [2.45, 2.75) is 25.3 Å². The fraction of sp³-hybridized carbons (Fsp3) is 0.571. The van der Waals surface area contributed by atoms with Crippen molar-refractivity contribution in [2.75, 3.05) is 24.5 Å². The van der Waals surface area contributed by atoms with Crippen LogP contribution in [0.2, 0.25) is 0 Å². The SMILES string of the molecule is c1nc(N2CCCC3CNCCC32)c2cc[nH]c2n1. The Hall–Kier alpha value is -1.62. The zero-order valence-corrected chi connectivity index (χ0v) is 11.0. The van der Waals surface area contributed by atoms with Crippen LogP contribution in [0.15, 0.2) is 18.6 Å². The first-order chi connectivity index (χ1) is 9.43. The monoisotopic (exact) mass is 257 g/mol. The number of H-pyrrole nitrogens is 1. The highest BCUT2D eigenvalue weighted by atomic mass is 15.2. The molecule has 4 rings (SSSR count). The average molecular weight is 257 g/mol. The summed E-state index contributed by atoms with van der Waals surface area (Å²) in [5.41, 5.74) is 0.945. The zero-order chi connectivity index (χ0) is 12.7. The van der Waals surface area contributed by atoms with Crippen molar-refractivity contribution < 1.29 is 0 Å². The fourth-order valence-electron chi connectivity index (χ4n) is 3.65. The minimum absolute atomic E-state index is 0.642. The normalized spacial score (nSPS) is 27.5. The molecule has 5 heteroatoms. The molecule has 0 spiro atoms. The number of aromatic amines is 1. The molecule has 100 valence electrons. The highest BCUT2D eigenvalue weighted by Crippen LogP contribution is 2.33. The number of hydrogen-bond acceptors (Lipinski definition) is 4. The summed E-state index contributed by atoms with van der Waals surface area (Å²) in [7, 11) is 0. The lowest BCUT2D eigenvalue weighted by Gasteiger charge is -2.45. The van der Waals surface area contributed by atoms with Crippen LogP contribution in [-0.4, -0.2) is 40.6 Å². The minimum atomic E-state index is 0.642. The minimum Gasteiger partial charge on any atom is -0.353 e. The van der Waals surface area contributed by atoms with Gasteiger partial charge in [0.05, 0.1) is 5.39 Å². The van der Waals surface area contributed by atoms with Crippen molar-refractivity contribution in [1.82, 2.24) is 20.3 Å². The van der Waals surface area contributed by atoms with Crippen LogP contribution in [-0.2, 0) is 0 Å². The van der Waals surface area contributed by atoms with Crippen molar-refractivity contribution in [3.05, 3.63) is 18.6 Å². The fourth-order valence-corrected chi connectivity index (χ4v) is 3.65. The molecule has 4 heterocycles. The summed E-state index contributed by atoms with van der Waals surface area (Å²) >= 11 is 0. The van der Waals surface area contributed by atoms with E-state index < -0.39 is 0 Å². The van der Waals surface area contributed by atoms with Crippen LogP contribution >= 0.6 is 0 Å². The van der Waals surface area contributed by atoms with Gasteiger partial charge < -0.3 is 15.2 Å². The van der Waals surface area contributed by atoms with E-state index in [0.717, 1.165) is 42.4 Å². The summed E-state index contributed by atoms with van der Waals surface area (Å²) in [5.74, 6) is 1.88. The van der Waals surface area contributed by atoms with Gasteiger partial charge in [0, 0.05) is 18.8 Å². The van der Waals surface area contributed by atoms with Crippen LogP contribution in [0.4, 0.5) is 5.82 Å². The quantitative estimate of drug-likeness (QED) is 0.813. The summed E-state index contributed by atoms with van der Waals surface area (Å²) in [6.45, 7) is 3.40. The summed E-state index contributed by atoms with van der Waals surface area (Å²) in [6, 6.07) is 2.73. The van der Waals surface area contributed by atoms with E-state index in [2.05, 4.69) is 31.2 Å². The molecule has 0 bridgehead atoms. The molecule has 0 aromatic carbocycles. The van der Waals surface area contributed by atoms with E-state index in [0.29, 0.717) is 6.04 Å². The first-order valence-corrected chi connectivity index (χ1v) is 7.19. The summed E-state index contributed by atoms with van der Waals surface area (Å²) in [4.78, 5) is 14.6. The van der Waals surface area contributed by atoms with Gasteiger partial charge in [0.1, 0.15) is 17.8 Å². The van der Waals surface area contributed by atoms with Crippen LogP contribution in [0, 0.1) is 5.92 Å². The number of nitrogens with zero attached hydrogens (tertiary/aromatic N) is 3. The second kappa shape index (κ2) is 4.49. The van der Waals surface area contributed by atoms with Crippen molar-refractivity contribution in [3.8, 4) is 0 Å². The molecule has 2 aromatic rings. The second-order valence-corrected chi connectivity index (χ2v) is 5.59. The van der Waals surface area contributed by atoms with Gasteiger partial charge in [0.25, 0.3) is 0 Å². The molecule has 2 saturated heterocycles.